The van der Waals surface area contributed by atoms with Gasteiger partial charge >= 0.3 is 15.2 Å². The highest BCUT2D eigenvalue weighted by Crippen LogP contribution is 2.72. The Labute approximate surface area is 204 Å². The van der Waals surface area contributed by atoms with Gasteiger partial charge in [-0.05, 0) is 79.5 Å². The molecular weight excluding hydrogens is 482 g/mol. The van der Waals surface area contributed by atoms with Crippen molar-refractivity contribution >= 4 is 15.2 Å². The number of rotatable bonds is 15. The maximum absolute atomic E-state index is 14.3. The van der Waals surface area contributed by atoms with E-state index in [-0.39, 0.29) is 6.42 Å². The van der Waals surface area contributed by atoms with Gasteiger partial charge in [0.25, 0.3) is 0 Å². The molecule has 0 spiro atoms. The summed E-state index contributed by atoms with van der Waals surface area (Å²) in [5.74, 6) is 1.22. The third-order valence-corrected chi connectivity index (χ3v) is 10.7. The SMILES string of the molecule is COc1cc(CC(P(=O)(OC(C)C)OC(C)C)P(=O)(OC(C)C)OC(C)C)cc(OC)c1OC. The monoisotopic (exact) mass is 524 g/mol. The van der Waals surface area contributed by atoms with Crippen LogP contribution in [0.3, 0.4) is 0 Å². The molecule has 11 heteroatoms. The predicted octanol–water partition coefficient (Wildman–Crippen LogP) is 6.67. The zero-order valence-electron chi connectivity index (χ0n) is 22.3. The van der Waals surface area contributed by atoms with Crippen LogP contribution in [0, 0.1) is 0 Å². The van der Waals surface area contributed by atoms with Crippen LogP contribution in [-0.4, -0.2) is 51.1 Å². The van der Waals surface area contributed by atoms with Gasteiger partial charge in [0.15, 0.2) is 16.9 Å². The first-order valence-electron chi connectivity index (χ1n) is 11.4. The van der Waals surface area contributed by atoms with Gasteiger partial charge in [0, 0.05) is 0 Å². The summed E-state index contributed by atoms with van der Waals surface area (Å²) in [6.45, 7) is 13.9. The van der Waals surface area contributed by atoms with E-state index < -0.39 is 45.0 Å². The number of hydrogen-bond donors (Lipinski definition) is 0. The first-order valence-corrected chi connectivity index (χ1v) is 14.7. The second kappa shape index (κ2) is 13.3. The van der Waals surface area contributed by atoms with E-state index in [1.54, 1.807) is 67.5 Å². The molecule has 0 bridgehead atoms. The minimum atomic E-state index is -4.03. The summed E-state index contributed by atoms with van der Waals surface area (Å²) in [4.78, 5) is 0. The van der Waals surface area contributed by atoms with Gasteiger partial charge in [-0.15, -0.1) is 0 Å². The Balaban J connectivity index is 3.80. The summed E-state index contributed by atoms with van der Waals surface area (Å²) in [5, 5.41) is -1.24. The molecule has 0 saturated carbocycles. The molecule has 0 amide bonds. The van der Waals surface area contributed by atoms with E-state index in [1.165, 1.54) is 21.3 Å². The second-order valence-corrected chi connectivity index (χ2v) is 13.6. The summed E-state index contributed by atoms with van der Waals surface area (Å²) in [6, 6.07) is 3.41. The number of hydrogen-bond acceptors (Lipinski definition) is 9. The molecule has 34 heavy (non-hydrogen) atoms. The molecule has 0 N–H and O–H groups in total. The summed E-state index contributed by atoms with van der Waals surface area (Å²) in [6.07, 6.45) is -1.85. The third-order valence-electron chi connectivity index (χ3n) is 4.30. The molecule has 0 aromatic heterocycles. The average molecular weight is 525 g/mol. The molecule has 0 unspecified atom stereocenters. The lowest BCUT2D eigenvalue weighted by atomic mass is 10.1. The first kappa shape index (κ1) is 31.0. The summed E-state index contributed by atoms with van der Waals surface area (Å²) in [7, 11) is -3.56. The third kappa shape index (κ3) is 8.54. The molecule has 0 radical (unpaired) electrons. The van der Waals surface area contributed by atoms with E-state index in [0.717, 1.165) is 0 Å². The van der Waals surface area contributed by atoms with Crippen molar-refractivity contribution in [3.63, 3.8) is 0 Å². The molecule has 0 saturated heterocycles. The van der Waals surface area contributed by atoms with E-state index in [2.05, 4.69) is 0 Å². The standard InChI is InChI=1S/C23H42O9P2/c1-15(2)29-33(24,30-16(3)4)22(34(25,31-17(5)6)32-18(7)8)14-19-12-20(26-9)23(28-11)21(13-19)27-10/h12-13,15-18,22H,14H2,1-11H3. The molecule has 0 aliphatic heterocycles. The van der Waals surface area contributed by atoms with Crippen molar-refractivity contribution in [1.82, 2.24) is 0 Å². The van der Waals surface area contributed by atoms with Crippen LogP contribution in [0.25, 0.3) is 0 Å². The topological polar surface area (TPSA) is 98.8 Å². The van der Waals surface area contributed by atoms with Crippen LogP contribution < -0.4 is 14.2 Å². The van der Waals surface area contributed by atoms with Crippen molar-refractivity contribution < 1.29 is 41.4 Å². The van der Waals surface area contributed by atoms with E-state index >= 15 is 0 Å². The van der Waals surface area contributed by atoms with Gasteiger partial charge in [-0.25, -0.2) is 0 Å². The first-order chi connectivity index (χ1) is 15.7. The largest absolute Gasteiger partial charge is 0.493 e. The Kier molecular flexibility index (Phi) is 12.1. The molecule has 0 fully saturated rings. The fourth-order valence-corrected chi connectivity index (χ4v) is 9.29. The minimum absolute atomic E-state index is 0.00977. The van der Waals surface area contributed by atoms with Crippen LogP contribution in [0.5, 0.6) is 17.2 Å². The van der Waals surface area contributed by atoms with Crippen LogP contribution in [0.2, 0.25) is 0 Å². The van der Waals surface area contributed by atoms with Gasteiger partial charge in [-0.1, -0.05) is 0 Å². The van der Waals surface area contributed by atoms with E-state index in [9.17, 15) is 9.13 Å². The van der Waals surface area contributed by atoms with Crippen molar-refractivity contribution in [2.75, 3.05) is 21.3 Å². The van der Waals surface area contributed by atoms with Crippen LogP contribution in [-0.2, 0) is 33.6 Å². The van der Waals surface area contributed by atoms with Crippen molar-refractivity contribution in [2.24, 2.45) is 0 Å². The summed E-state index contributed by atoms with van der Waals surface area (Å²) >= 11 is 0. The quantitative estimate of drug-likeness (QED) is 0.233. The highest BCUT2D eigenvalue weighted by Gasteiger charge is 2.53. The van der Waals surface area contributed by atoms with E-state index in [0.29, 0.717) is 22.8 Å². The van der Waals surface area contributed by atoms with Gasteiger partial charge in [0.2, 0.25) is 5.75 Å². The molecule has 9 nitrogen and oxygen atoms in total. The van der Waals surface area contributed by atoms with Crippen molar-refractivity contribution in [1.29, 1.82) is 0 Å². The maximum atomic E-state index is 14.3. The maximum Gasteiger partial charge on any atom is 0.346 e. The normalized spacial score (nSPS) is 12.9. The fourth-order valence-electron chi connectivity index (χ4n) is 3.37. The lowest BCUT2D eigenvalue weighted by Crippen LogP contribution is -2.25. The lowest BCUT2D eigenvalue weighted by Gasteiger charge is -2.35. The van der Waals surface area contributed by atoms with Gasteiger partial charge in [-0.3, -0.25) is 9.13 Å². The zero-order chi connectivity index (χ0) is 26.3. The van der Waals surface area contributed by atoms with E-state index in [1.807, 2.05) is 0 Å². The summed E-state index contributed by atoms with van der Waals surface area (Å²) < 4.78 is 68.4. The second-order valence-electron chi connectivity index (χ2n) is 8.91. The van der Waals surface area contributed by atoms with Crippen LogP contribution in [0.15, 0.2) is 12.1 Å². The molecule has 1 aromatic rings. The van der Waals surface area contributed by atoms with Gasteiger partial charge in [-0.2, -0.15) is 0 Å². The molecule has 0 atom stereocenters. The predicted molar refractivity (Wildman–Crippen MR) is 134 cm³/mol. The number of ether oxygens (including phenoxy) is 3. The zero-order valence-corrected chi connectivity index (χ0v) is 24.1. The number of methoxy groups -OCH3 is 3. The Hall–Kier alpha value is -1.08. The summed E-state index contributed by atoms with van der Waals surface area (Å²) in [5.41, 5.74) is 0.611. The molecule has 0 heterocycles. The molecule has 1 rings (SSSR count). The Bertz CT molecular complexity index is 777. The van der Waals surface area contributed by atoms with Crippen LogP contribution in [0.4, 0.5) is 0 Å². The van der Waals surface area contributed by atoms with Gasteiger partial charge < -0.3 is 32.3 Å². The van der Waals surface area contributed by atoms with Crippen molar-refractivity contribution in [2.45, 2.75) is 91.6 Å². The Morgan fingerprint density at radius 3 is 1.18 bits per heavy atom. The molecule has 0 aliphatic carbocycles. The van der Waals surface area contributed by atoms with Gasteiger partial charge in [0.05, 0.1) is 45.7 Å². The molecule has 1 aromatic carbocycles. The van der Waals surface area contributed by atoms with Crippen LogP contribution in [0.1, 0.15) is 61.0 Å². The molecule has 0 aliphatic rings. The highest BCUT2D eigenvalue weighted by molar-refractivity contribution is 7.72. The number of benzene rings is 1. The highest BCUT2D eigenvalue weighted by atomic mass is 31.2. The fraction of sp³-hybridized carbons (Fsp3) is 0.739. The lowest BCUT2D eigenvalue weighted by molar-refractivity contribution is 0.122. The smallest absolute Gasteiger partial charge is 0.346 e. The van der Waals surface area contributed by atoms with Gasteiger partial charge in [0.1, 0.15) is 0 Å². The Morgan fingerprint density at radius 2 is 0.941 bits per heavy atom. The van der Waals surface area contributed by atoms with E-state index in [4.69, 9.17) is 32.3 Å². The molecule has 198 valence electrons. The average Bonchev–Trinajstić information content (AvgIpc) is 2.68. The molecular formula is C23H42O9P2. The van der Waals surface area contributed by atoms with Crippen molar-refractivity contribution in [3.05, 3.63) is 17.7 Å². The van der Waals surface area contributed by atoms with Crippen molar-refractivity contribution in [3.8, 4) is 17.2 Å². The Morgan fingerprint density at radius 1 is 0.618 bits per heavy atom. The minimum Gasteiger partial charge on any atom is -0.493 e. The van der Waals surface area contributed by atoms with Crippen LogP contribution >= 0.6 is 15.2 Å².